The Kier molecular flexibility index (Phi) is 1.75. The maximum absolute atomic E-state index is 12.4. The highest BCUT2D eigenvalue weighted by Crippen LogP contribution is 2.40. The Balaban J connectivity index is 1.97. The third kappa shape index (κ3) is 1.13. The highest BCUT2D eigenvalue weighted by molar-refractivity contribution is 6.16. The molecule has 2 aromatic rings. The molecule has 2 aliphatic heterocycles. The summed E-state index contributed by atoms with van der Waals surface area (Å²) in [5.74, 6) is -0.310. The number of nitrogens with zero attached hydrogens (tertiary/aromatic N) is 3. The number of aryl methyl sites for hydroxylation is 1. The van der Waals surface area contributed by atoms with E-state index in [1.165, 1.54) is 4.68 Å². The molecule has 6 nitrogen and oxygen atoms in total. The van der Waals surface area contributed by atoms with Crippen LogP contribution in [0.2, 0.25) is 0 Å². The summed E-state index contributed by atoms with van der Waals surface area (Å²) in [6.07, 6.45) is 1.14. The molecule has 0 radical (unpaired) electrons. The number of rotatable bonds is 0. The van der Waals surface area contributed by atoms with Crippen molar-refractivity contribution in [3.63, 3.8) is 0 Å². The van der Waals surface area contributed by atoms with Crippen molar-refractivity contribution < 1.29 is 9.59 Å². The smallest absolute Gasteiger partial charge is 0.273 e. The first-order valence-corrected chi connectivity index (χ1v) is 5.94. The van der Waals surface area contributed by atoms with Crippen molar-refractivity contribution in [1.82, 2.24) is 15.1 Å². The van der Waals surface area contributed by atoms with Gasteiger partial charge in [0.1, 0.15) is 11.9 Å². The fourth-order valence-electron chi connectivity index (χ4n) is 2.77. The standard InChI is InChI=1S/C13H10N4O2/c1-16-10-9(6-14-16)17-11(15-12(10)18)7-4-2-3-5-8(7)13(17)19/h2-6,11H,1H3,(H,15,18)/t11-/m0/s1. The third-order valence-electron chi connectivity index (χ3n) is 3.62. The van der Waals surface area contributed by atoms with Crippen LogP contribution in [0, 0.1) is 0 Å². The van der Waals surface area contributed by atoms with Gasteiger partial charge in [-0.05, 0) is 6.07 Å². The summed E-state index contributed by atoms with van der Waals surface area (Å²) in [4.78, 5) is 26.2. The molecule has 1 N–H and O–H groups in total. The second-order valence-corrected chi connectivity index (χ2v) is 4.64. The van der Waals surface area contributed by atoms with Gasteiger partial charge in [0.05, 0.1) is 11.9 Å². The molecule has 94 valence electrons. The lowest BCUT2D eigenvalue weighted by atomic mass is 10.1. The molecule has 3 heterocycles. The number of carbonyl (C=O) groups excluding carboxylic acids is 2. The SMILES string of the molecule is Cn1ncc2c1C(=O)N[C@@H]1c3ccccc3C(=O)N21. The van der Waals surface area contributed by atoms with Gasteiger partial charge in [-0.15, -0.1) is 0 Å². The summed E-state index contributed by atoms with van der Waals surface area (Å²) in [6.45, 7) is 0. The van der Waals surface area contributed by atoms with E-state index in [0.29, 0.717) is 16.9 Å². The topological polar surface area (TPSA) is 67.2 Å². The molecule has 2 amide bonds. The highest BCUT2D eigenvalue weighted by atomic mass is 16.2. The average molecular weight is 254 g/mol. The van der Waals surface area contributed by atoms with E-state index in [9.17, 15) is 9.59 Å². The second kappa shape index (κ2) is 3.23. The summed E-state index contributed by atoms with van der Waals surface area (Å²) in [7, 11) is 1.69. The molecule has 2 aliphatic rings. The largest absolute Gasteiger partial charge is 0.326 e. The summed E-state index contributed by atoms with van der Waals surface area (Å²) in [6, 6.07) is 7.32. The number of carbonyl (C=O) groups is 2. The van der Waals surface area contributed by atoms with Gasteiger partial charge in [-0.1, -0.05) is 18.2 Å². The van der Waals surface area contributed by atoms with Crippen LogP contribution in [0.3, 0.4) is 0 Å². The lowest BCUT2D eigenvalue weighted by Crippen LogP contribution is -2.45. The zero-order valence-electron chi connectivity index (χ0n) is 10.1. The highest BCUT2D eigenvalue weighted by Gasteiger charge is 2.44. The third-order valence-corrected chi connectivity index (χ3v) is 3.62. The first kappa shape index (κ1) is 10.3. The molecule has 0 unspecified atom stereocenters. The van der Waals surface area contributed by atoms with Crippen molar-refractivity contribution in [3.8, 4) is 0 Å². The Hall–Kier alpha value is -2.63. The van der Waals surface area contributed by atoms with Gasteiger partial charge in [-0.3, -0.25) is 19.2 Å². The molecule has 19 heavy (non-hydrogen) atoms. The van der Waals surface area contributed by atoms with Crippen LogP contribution in [0.4, 0.5) is 5.69 Å². The van der Waals surface area contributed by atoms with Crippen LogP contribution in [-0.4, -0.2) is 21.6 Å². The summed E-state index contributed by atoms with van der Waals surface area (Å²) >= 11 is 0. The predicted molar refractivity (Wildman–Crippen MR) is 66.7 cm³/mol. The molecule has 1 aromatic heterocycles. The zero-order chi connectivity index (χ0) is 13.1. The Morgan fingerprint density at radius 2 is 2.05 bits per heavy atom. The average Bonchev–Trinajstić information content (AvgIpc) is 2.92. The van der Waals surface area contributed by atoms with Gasteiger partial charge >= 0.3 is 0 Å². The van der Waals surface area contributed by atoms with Crippen molar-refractivity contribution in [2.45, 2.75) is 6.17 Å². The summed E-state index contributed by atoms with van der Waals surface area (Å²) in [5.41, 5.74) is 2.44. The van der Waals surface area contributed by atoms with E-state index in [-0.39, 0.29) is 11.8 Å². The van der Waals surface area contributed by atoms with Crippen LogP contribution in [-0.2, 0) is 7.05 Å². The Labute approximate surface area is 108 Å². The number of amides is 2. The van der Waals surface area contributed by atoms with Crippen molar-refractivity contribution in [2.24, 2.45) is 7.05 Å². The normalized spacial score (nSPS) is 19.8. The quantitative estimate of drug-likeness (QED) is 0.757. The van der Waals surface area contributed by atoms with E-state index in [1.807, 2.05) is 18.2 Å². The molecule has 4 rings (SSSR count). The number of hydrogen-bond acceptors (Lipinski definition) is 3. The molecular weight excluding hydrogens is 244 g/mol. The van der Waals surface area contributed by atoms with Crippen molar-refractivity contribution >= 4 is 17.5 Å². The minimum atomic E-state index is -0.423. The molecule has 1 aromatic carbocycles. The van der Waals surface area contributed by atoms with E-state index in [0.717, 1.165) is 5.56 Å². The number of benzene rings is 1. The van der Waals surface area contributed by atoms with Gasteiger partial charge < -0.3 is 5.32 Å². The van der Waals surface area contributed by atoms with Crippen molar-refractivity contribution in [2.75, 3.05) is 4.90 Å². The molecule has 0 fully saturated rings. The van der Waals surface area contributed by atoms with E-state index in [1.54, 1.807) is 24.2 Å². The molecule has 0 saturated heterocycles. The van der Waals surface area contributed by atoms with Gasteiger partial charge in [0.25, 0.3) is 11.8 Å². The number of aromatic nitrogens is 2. The minimum absolute atomic E-state index is 0.102. The molecule has 0 saturated carbocycles. The lowest BCUT2D eigenvalue weighted by molar-refractivity contribution is 0.0904. The van der Waals surface area contributed by atoms with Crippen LogP contribution in [0.25, 0.3) is 0 Å². The fraction of sp³-hybridized carbons (Fsp3) is 0.154. The maximum Gasteiger partial charge on any atom is 0.273 e. The number of nitrogens with one attached hydrogen (secondary N) is 1. The predicted octanol–water partition coefficient (Wildman–Crippen LogP) is 0.823. The lowest BCUT2D eigenvalue weighted by Gasteiger charge is -2.30. The molecule has 6 heteroatoms. The van der Waals surface area contributed by atoms with E-state index >= 15 is 0 Å². The first-order chi connectivity index (χ1) is 9.18. The van der Waals surface area contributed by atoms with Gasteiger partial charge in [-0.25, -0.2) is 0 Å². The molecule has 0 aliphatic carbocycles. The first-order valence-electron chi connectivity index (χ1n) is 5.94. The Bertz CT molecular complexity index is 734. The Morgan fingerprint density at radius 1 is 1.26 bits per heavy atom. The number of hydrogen-bond donors (Lipinski definition) is 1. The van der Waals surface area contributed by atoms with Crippen molar-refractivity contribution in [1.29, 1.82) is 0 Å². The maximum atomic E-state index is 12.4. The molecule has 0 bridgehead atoms. The summed E-state index contributed by atoms with van der Waals surface area (Å²) in [5, 5.41) is 6.92. The van der Waals surface area contributed by atoms with E-state index < -0.39 is 6.17 Å². The van der Waals surface area contributed by atoms with Crippen LogP contribution < -0.4 is 10.2 Å². The van der Waals surface area contributed by atoms with Crippen LogP contribution in [0.5, 0.6) is 0 Å². The monoisotopic (exact) mass is 254 g/mol. The van der Waals surface area contributed by atoms with Crippen LogP contribution in [0.15, 0.2) is 30.5 Å². The van der Waals surface area contributed by atoms with E-state index in [2.05, 4.69) is 10.4 Å². The van der Waals surface area contributed by atoms with Gasteiger partial charge in [0.2, 0.25) is 0 Å². The molecule has 1 atom stereocenters. The van der Waals surface area contributed by atoms with E-state index in [4.69, 9.17) is 0 Å². The van der Waals surface area contributed by atoms with Gasteiger partial charge in [0.15, 0.2) is 0 Å². The van der Waals surface area contributed by atoms with Crippen LogP contribution >= 0.6 is 0 Å². The summed E-state index contributed by atoms with van der Waals surface area (Å²) < 4.78 is 1.48. The molecule has 0 spiro atoms. The van der Waals surface area contributed by atoms with Crippen LogP contribution in [0.1, 0.15) is 32.6 Å². The molecular formula is C13H10N4O2. The number of fused-ring (bicyclic) bond motifs is 5. The van der Waals surface area contributed by atoms with Gasteiger partial charge in [0, 0.05) is 18.2 Å². The van der Waals surface area contributed by atoms with Gasteiger partial charge in [-0.2, -0.15) is 5.10 Å². The van der Waals surface area contributed by atoms with Crippen molar-refractivity contribution in [3.05, 3.63) is 47.3 Å². The minimum Gasteiger partial charge on any atom is -0.326 e. The number of anilines is 1. The second-order valence-electron chi connectivity index (χ2n) is 4.64. The zero-order valence-corrected chi connectivity index (χ0v) is 10.1. The fourth-order valence-corrected chi connectivity index (χ4v) is 2.77. The Morgan fingerprint density at radius 3 is 2.89 bits per heavy atom.